The lowest BCUT2D eigenvalue weighted by Gasteiger charge is -2.27. The highest BCUT2D eigenvalue weighted by atomic mass is 16.5. The molecule has 0 unspecified atom stereocenters. The third-order valence-electron chi connectivity index (χ3n) is 9.80. The second-order valence-corrected chi connectivity index (χ2v) is 13.0. The summed E-state index contributed by atoms with van der Waals surface area (Å²) in [4.78, 5) is 15.7. The van der Waals surface area contributed by atoms with Crippen LogP contribution in [0.2, 0.25) is 0 Å². The summed E-state index contributed by atoms with van der Waals surface area (Å²) in [5.74, 6) is 1.31. The lowest BCUT2D eigenvalue weighted by molar-refractivity contribution is 0.103. The first kappa shape index (κ1) is 33.5. The molecule has 6 aromatic rings. The van der Waals surface area contributed by atoms with Gasteiger partial charge in [-0.1, -0.05) is 125 Å². The zero-order valence-corrected chi connectivity index (χ0v) is 29.0. The minimum Gasteiger partial charge on any atom is -0.457 e. The molecule has 0 radical (unpaired) electrons. The lowest BCUT2D eigenvalue weighted by Crippen LogP contribution is -2.19. The highest BCUT2D eigenvalue weighted by Gasteiger charge is 2.22. The molecule has 0 heterocycles. The van der Waals surface area contributed by atoms with Gasteiger partial charge in [-0.15, -0.1) is 0 Å². The van der Waals surface area contributed by atoms with Crippen LogP contribution in [0.1, 0.15) is 74.0 Å². The zero-order valence-electron chi connectivity index (χ0n) is 29.0. The van der Waals surface area contributed by atoms with Gasteiger partial charge in [-0.05, 0) is 108 Å². The number of nitrogens with zero attached hydrogens (tertiary/aromatic N) is 1. The van der Waals surface area contributed by atoms with Crippen molar-refractivity contribution in [1.29, 1.82) is 0 Å². The van der Waals surface area contributed by atoms with E-state index in [-0.39, 0.29) is 11.2 Å². The van der Waals surface area contributed by atoms with Crippen molar-refractivity contribution in [3.05, 3.63) is 174 Å². The molecule has 0 aromatic heterocycles. The normalized spacial score (nSPS) is 11.3. The SMILES string of the molecule is CCCc1ccc(N(c2ccc(Oc3cccc(C(=O)c4ccc(C(C)(CC)CC)cc4)c3)cc2)c2ccc(-c3ccccc3)cc2)cc1. The van der Waals surface area contributed by atoms with Crippen LogP contribution < -0.4 is 9.64 Å². The smallest absolute Gasteiger partial charge is 0.193 e. The minimum atomic E-state index is -0.0130. The van der Waals surface area contributed by atoms with E-state index in [1.54, 1.807) is 0 Å². The average Bonchev–Trinajstić information content (AvgIpc) is 3.16. The van der Waals surface area contributed by atoms with Crippen LogP contribution in [0.4, 0.5) is 17.1 Å². The van der Waals surface area contributed by atoms with Crippen molar-refractivity contribution in [2.24, 2.45) is 0 Å². The van der Waals surface area contributed by atoms with Gasteiger partial charge in [0.15, 0.2) is 5.78 Å². The van der Waals surface area contributed by atoms with Crippen molar-refractivity contribution in [3.63, 3.8) is 0 Å². The summed E-state index contributed by atoms with van der Waals surface area (Å²) in [5, 5.41) is 0. The Balaban J connectivity index is 1.22. The van der Waals surface area contributed by atoms with Gasteiger partial charge in [-0.3, -0.25) is 4.79 Å². The van der Waals surface area contributed by atoms with Gasteiger partial charge in [0.05, 0.1) is 0 Å². The Morgan fingerprint density at radius 3 is 1.73 bits per heavy atom. The monoisotopic (exact) mass is 643 g/mol. The molecule has 6 rings (SSSR count). The Morgan fingerprint density at radius 2 is 1.14 bits per heavy atom. The fourth-order valence-electron chi connectivity index (χ4n) is 6.33. The Bertz CT molecular complexity index is 1960. The Morgan fingerprint density at radius 1 is 0.571 bits per heavy atom. The molecule has 0 saturated heterocycles. The van der Waals surface area contributed by atoms with E-state index in [1.807, 2.05) is 54.6 Å². The molecule has 0 amide bonds. The third-order valence-corrected chi connectivity index (χ3v) is 9.80. The molecule has 3 nitrogen and oxygen atoms in total. The molecule has 0 saturated carbocycles. The van der Waals surface area contributed by atoms with Crippen LogP contribution in [-0.2, 0) is 11.8 Å². The number of ether oxygens (including phenoxy) is 1. The molecule has 0 N–H and O–H groups in total. The molecule has 49 heavy (non-hydrogen) atoms. The first-order valence-electron chi connectivity index (χ1n) is 17.5. The quantitative estimate of drug-likeness (QED) is 0.117. The molecule has 0 atom stereocenters. The van der Waals surface area contributed by atoms with E-state index < -0.39 is 0 Å². The predicted octanol–water partition coefficient (Wildman–Crippen LogP) is 12.9. The van der Waals surface area contributed by atoms with Gasteiger partial charge >= 0.3 is 0 Å². The third kappa shape index (κ3) is 7.68. The van der Waals surface area contributed by atoms with Crippen LogP contribution >= 0.6 is 0 Å². The number of anilines is 3. The molecule has 246 valence electrons. The first-order valence-corrected chi connectivity index (χ1v) is 17.5. The van der Waals surface area contributed by atoms with Gasteiger partial charge in [-0.25, -0.2) is 0 Å². The van der Waals surface area contributed by atoms with E-state index in [2.05, 4.69) is 130 Å². The van der Waals surface area contributed by atoms with Crippen molar-refractivity contribution >= 4 is 22.8 Å². The number of carbonyl (C=O) groups is 1. The zero-order chi connectivity index (χ0) is 34.2. The van der Waals surface area contributed by atoms with Crippen molar-refractivity contribution in [3.8, 4) is 22.6 Å². The fraction of sp³-hybridized carbons (Fsp3) is 0.196. The topological polar surface area (TPSA) is 29.5 Å². The number of hydrogen-bond acceptors (Lipinski definition) is 3. The summed E-state index contributed by atoms with van der Waals surface area (Å²) in [6.07, 6.45) is 4.30. The molecular formula is C46H45NO2. The number of hydrogen-bond donors (Lipinski definition) is 0. The summed E-state index contributed by atoms with van der Waals surface area (Å²) in [7, 11) is 0. The van der Waals surface area contributed by atoms with Crippen LogP contribution in [0.25, 0.3) is 11.1 Å². The van der Waals surface area contributed by atoms with E-state index in [9.17, 15) is 4.79 Å². The van der Waals surface area contributed by atoms with Gasteiger partial charge in [0.25, 0.3) is 0 Å². The highest BCUT2D eigenvalue weighted by molar-refractivity contribution is 6.09. The van der Waals surface area contributed by atoms with E-state index in [0.29, 0.717) is 22.6 Å². The summed E-state index contributed by atoms with van der Waals surface area (Å²) >= 11 is 0. The summed E-state index contributed by atoms with van der Waals surface area (Å²) < 4.78 is 6.28. The van der Waals surface area contributed by atoms with Crippen LogP contribution in [0.5, 0.6) is 11.5 Å². The molecule has 0 aliphatic carbocycles. The molecule has 0 spiro atoms. The van der Waals surface area contributed by atoms with Crippen LogP contribution in [0.15, 0.2) is 152 Å². The number of rotatable bonds is 13. The van der Waals surface area contributed by atoms with Gasteiger partial charge in [0.2, 0.25) is 0 Å². The van der Waals surface area contributed by atoms with E-state index in [0.717, 1.165) is 42.7 Å². The first-order chi connectivity index (χ1) is 23.9. The molecule has 0 fully saturated rings. The molecule has 6 aromatic carbocycles. The van der Waals surface area contributed by atoms with Gasteiger partial charge in [0.1, 0.15) is 11.5 Å². The maximum atomic E-state index is 13.4. The molecule has 0 aliphatic rings. The number of aryl methyl sites for hydroxylation is 1. The molecule has 0 bridgehead atoms. The predicted molar refractivity (Wildman–Crippen MR) is 205 cm³/mol. The Labute approximate surface area is 291 Å². The van der Waals surface area contributed by atoms with Crippen molar-refractivity contribution < 1.29 is 9.53 Å². The molecule has 0 aliphatic heterocycles. The number of benzene rings is 6. The van der Waals surface area contributed by atoms with E-state index in [1.165, 1.54) is 22.3 Å². The van der Waals surface area contributed by atoms with Gasteiger partial charge in [-0.2, -0.15) is 0 Å². The number of ketones is 1. The average molecular weight is 644 g/mol. The second kappa shape index (κ2) is 15.2. The maximum absolute atomic E-state index is 13.4. The Kier molecular flexibility index (Phi) is 10.4. The van der Waals surface area contributed by atoms with E-state index >= 15 is 0 Å². The van der Waals surface area contributed by atoms with Crippen molar-refractivity contribution in [2.75, 3.05) is 4.90 Å². The summed E-state index contributed by atoms with van der Waals surface area (Å²) in [5.41, 5.74) is 9.58. The lowest BCUT2D eigenvalue weighted by atomic mass is 9.77. The van der Waals surface area contributed by atoms with Crippen LogP contribution in [0, 0.1) is 0 Å². The fourth-order valence-corrected chi connectivity index (χ4v) is 6.33. The second-order valence-electron chi connectivity index (χ2n) is 13.0. The van der Waals surface area contributed by atoms with Crippen LogP contribution in [0.3, 0.4) is 0 Å². The molecule has 3 heteroatoms. The summed E-state index contributed by atoms with van der Waals surface area (Å²) in [6, 6.07) is 51.7. The van der Waals surface area contributed by atoms with Crippen molar-refractivity contribution in [1.82, 2.24) is 0 Å². The van der Waals surface area contributed by atoms with E-state index in [4.69, 9.17) is 4.74 Å². The van der Waals surface area contributed by atoms with Gasteiger partial charge < -0.3 is 9.64 Å². The van der Waals surface area contributed by atoms with Crippen molar-refractivity contribution in [2.45, 2.75) is 58.8 Å². The number of carbonyl (C=O) groups excluding carboxylic acids is 1. The Hall–Kier alpha value is -5.41. The largest absolute Gasteiger partial charge is 0.457 e. The standard InChI is InChI=1S/C46H45NO2/c1-5-12-34-17-25-40(26-18-34)47(41-27-21-36(22-28-41)35-13-9-8-10-14-35)42-29-31-43(32-30-42)49-44-16-11-15-38(33-44)45(48)37-19-23-39(24-20-37)46(4,6-2)7-3/h8-11,13-33H,5-7,12H2,1-4H3. The maximum Gasteiger partial charge on any atom is 0.193 e. The molecular weight excluding hydrogens is 599 g/mol. The van der Waals surface area contributed by atoms with Gasteiger partial charge in [0, 0.05) is 28.2 Å². The highest BCUT2D eigenvalue weighted by Crippen LogP contribution is 2.37. The minimum absolute atomic E-state index is 0.0130. The van der Waals surface area contributed by atoms with Crippen LogP contribution in [-0.4, -0.2) is 5.78 Å². The summed E-state index contributed by atoms with van der Waals surface area (Å²) in [6.45, 7) is 8.92.